The molecule has 1 aromatic carbocycles. The van der Waals surface area contributed by atoms with E-state index in [1.807, 2.05) is 24.3 Å². The molecule has 3 rings (SSSR count). The van der Waals surface area contributed by atoms with E-state index in [2.05, 4.69) is 15.3 Å². The lowest BCUT2D eigenvalue weighted by atomic mass is 10.2. The lowest BCUT2D eigenvalue weighted by Gasteiger charge is -2.10. The normalized spacial score (nSPS) is 11.6. The van der Waals surface area contributed by atoms with E-state index < -0.39 is 23.2 Å². The molecule has 0 aliphatic rings. The van der Waals surface area contributed by atoms with Crippen molar-refractivity contribution < 1.29 is 18.0 Å². The second-order valence-corrected chi connectivity index (χ2v) is 7.15. The van der Waals surface area contributed by atoms with Crippen molar-refractivity contribution >= 4 is 39.2 Å². The molecule has 0 aliphatic heterocycles. The van der Waals surface area contributed by atoms with Crippen LogP contribution in [0.15, 0.2) is 47.6 Å². The van der Waals surface area contributed by atoms with Gasteiger partial charge in [0.25, 0.3) is 5.91 Å². The Labute approximate surface area is 149 Å². The highest BCUT2D eigenvalue weighted by atomic mass is 32.2. The summed E-state index contributed by atoms with van der Waals surface area (Å²) in [5.74, 6) is -0.582. The lowest BCUT2D eigenvalue weighted by Crippen LogP contribution is -2.26. The molecule has 0 aliphatic carbocycles. The summed E-state index contributed by atoms with van der Waals surface area (Å²) in [5.41, 5.74) is -3.69. The number of amides is 1. The van der Waals surface area contributed by atoms with Gasteiger partial charge in [-0.05, 0) is 24.3 Å². The number of hydrogen-bond acceptors (Lipinski definition) is 5. The van der Waals surface area contributed by atoms with Crippen molar-refractivity contribution in [1.82, 2.24) is 15.3 Å². The Balaban J connectivity index is 1.63. The largest absolute Gasteiger partial charge is 0.447 e. The molecule has 1 N–H and O–H groups in total. The maximum absolute atomic E-state index is 12.5. The maximum Gasteiger partial charge on any atom is 0.447 e. The van der Waals surface area contributed by atoms with Gasteiger partial charge in [-0.3, -0.25) is 4.79 Å². The van der Waals surface area contributed by atoms with Gasteiger partial charge in [-0.1, -0.05) is 12.1 Å². The summed E-state index contributed by atoms with van der Waals surface area (Å²) in [7, 11) is 0. The third-order valence-corrected chi connectivity index (χ3v) is 5.04. The minimum atomic E-state index is -4.50. The molecule has 2 aromatic heterocycles. The van der Waals surface area contributed by atoms with Crippen molar-refractivity contribution in [3.05, 3.63) is 53.2 Å². The number of fused-ring (bicyclic) bond motifs is 1. The van der Waals surface area contributed by atoms with E-state index >= 15 is 0 Å². The van der Waals surface area contributed by atoms with Crippen LogP contribution in [0.25, 0.3) is 10.2 Å². The number of aromatic nitrogens is 2. The summed E-state index contributed by atoms with van der Waals surface area (Å²) >= 11 is 1.13. The van der Waals surface area contributed by atoms with E-state index in [0.717, 1.165) is 15.2 Å². The number of hydrogen-bond donors (Lipinski definition) is 1. The van der Waals surface area contributed by atoms with E-state index in [0.29, 0.717) is 6.42 Å². The number of nitrogens with one attached hydrogen (secondary N) is 1. The molecule has 0 radical (unpaired) electrons. The molecular formula is C16H12F3N3OS2. The average molecular weight is 383 g/mol. The molecule has 0 atom stereocenters. The second kappa shape index (κ2) is 7.40. The first-order valence-corrected chi connectivity index (χ1v) is 8.89. The summed E-state index contributed by atoms with van der Waals surface area (Å²) in [6, 6.07) is 10.5. The van der Waals surface area contributed by atoms with Gasteiger partial charge < -0.3 is 5.32 Å². The Morgan fingerprint density at radius 1 is 1.20 bits per heavy atom. The molecular weight excluding hydrogens is 371 g/mol. The topological polar surface area (TPSA) is 54.9 Å². The lowest BCUT2D eigenvalue weighted by molar-refractivity contribution is -0.0329. The van der Waals surface area contributed by atoms with Gasteiger partial charge in [-0.15, -0.1) is 11.3 Å². The Hall–Kier alpha value is -2.13. The van der Waals surface area contributed by atoms with E-state index in [9.17, 15) is 18.0 Å². The van der Waals surface area contributed by atoms with Gasteiger partial charge in [-0.2, -0.15) is 13.2 Å². The molecule has 130 valence electrons. The predicted molar refractivity (Wildman–Crippen MR) is 91.8 cm³/mol. The number of benzene rings is 1. The van der Waals surface area contributed by atoms with Gasteiger partial charge in [0.05, 0.1) is 20.8 Å². The predicted octanol–water partition coefficient (Wildman–Crippen LogP) is 4.28. The van der Waals surface area contributed by atoms with Crippen molar-refractivity contribution in [1.29, 1.82) is 0 Å². The first kappa shape index (κ1) is 17.7. The number of thiazole rings is 1. The highest BCUT2D eigenvalue weighted by Crippen LogP contribution is 2.37. The Morgan fingerprint density at radius 3 is 2.76 bits per heavy atom. The molecule has 0 saturated heterocycles. The molecule has 0 unspecified atom stereocenters. The summed E-state index contributed by atoms with van der Waals surface area (Å²) in [6.07, 6.45) is 1.74. The molecule has 0 fully saturated rings. The van der Waals surface area contributed by atoms with Gasteiger partial charge in [0.1, 0.15) is 5.03 Å². The molecule has 0 saturated carbocycles. The van der Waals surface area contributed by atoms with Crippen LogP contribution >= 0.6 is 23.1 Å². The zero-order valence-electron chi connectivity index (χ0n) is 12.7. The maximum atomic E-state index is 12.5. The highest BCUT2D eigenvalue weighted by Gasteiger charge is 2.32. The molecule has 4 nitrogen and oxygen atoms in total. The van der Waals surface area contributed by atoms with E-state index in [1.54, 1.807) is 0 Å². The van der Waals surface area contributed by atoms with Gasteiger partial charge >= 0.3 is 5.51 Å². The molecule has 25 heavy (non-hydrogen) atoms. The number of pyridine rings is 1. The fourth-order valence-electron chi connectivity index (χ4n) is 2.16. The van der Waals surface area contributed by atoms with Crippen LogP contribution in [0.2, 0.25) is 0 Å². The van der Waals surface area contributed by atoms with Crippen LogP contribution in [0.5, 0.6) is 0 Å². The summed E-state index contributed by atoms with van der Waals surface area (Å²) < 4.78 is 38.7. The second-order valence-electron chi connectivity index (χ2n) is 4.99. The van der Waals surface area contributed by atoms with Crippen LogP contribution in [-0.4, -0.2) is 27.9 Å². The van der Waals surface area contributed by atoms with Crippen LogP contribution in [0, 0.1) is 0 Å². The third kappa shape index (κ3) is 4.70. The van der Waals surface area contributed by atoms with Crippen LogP contribution in [-0.2, 0) is 6.42 Å². The zero-order valence-corrected chi connectivity index (χ0v) is 14.3. The Morgan fingerprint density at radius 2 is 2.00 bits per heavy atom. The number of para-hydroxylation sites is 1. The highest BCUT2D eigenvalue weighted by molar-refractivity contribution is 8.00. The van der Waals surface area contributed by atoms with Crippen LogP contribution in [0.1, 0.15) is 15.4 Å². The minimum absolute atomic E-state index is 0.0888. The average Bonchev–Trinajstić information content (AvgIpc) is 2.96. The minimum Gasteiger partial charge on any atom is -0.352 e. The zero-order chi connectivity index (χ0) is 17.9. The number of halogens is 3. The first-order valence-electron chi connectivity index (χ1n) is 7.26. The van der Waals surface area contributed by atoms with E-state index in [4.69, 9.17) is 0 Å². The smallest absolute Gasteiger partial charge is 0.352 e. The fourth-order valence-corrected chi connectivity index (χ4v) is 3.73. The number of thioether (sulfide) groups is 1. The van der Waals surface area contributed by atoms with Crippen molar-refractivity contribution in [3.63, 3.8) is 0 Å². The fraction of sp³-hybridized carbons (Fsp3) is 0.188. The quantitative estimate of drug-likeness (QED) is 0.669. The number of rotatable bonds is 5. The van der Waals surface area contributed by atoms with E-state index in [-0.39, 0.29) is 17.1 Å². The summed E-state index contributed by atoms with van der Waals surface area (Å²) in [4.78, 5) is 20.3. The number of alkyl halides is 3. The van der Waals surface area contributed by atoms with Crippen molar-refractivity contribution in [2.45, 2.75) is 17.0 Å². The Kier molecular flexibility index (Phi) is 5.24. The SMILES string of the molecule is O=C(NCCc1nc2ccccc2s1)c1cccnc1SC(F)(F)F. The van der Waals surface area contributed by atoms with Gasteiger partial charge in [-0.25, -0.2) is 9.97 Å². The number of carbonyl (C=O) groups excluding carboxylic acids is 1. The van der Waals surface area contributed by atoms with Gasteiger partial charge in [0.15, 0.2) is 0 Å². The number of carbonyl (C=O) groups is 1. The summed E-state index contributed by atoms with van der Waals surface area (Å²) in [5, 5.41) is 3.13. The van der Waals surface area contributed by atoms with Crippen molar-refractivity contribution in [2.75, 3.05) is 6.54 Å². The molecule has 9 heteroatoms. The van der Waals surface area contributed by atoms with Crippen LogP contribution < -0.4 is 5.32 Å². The third-order valence-electron chi connectivity index (χ3n) is 3.19. The first-order chi connectivity index (χ1) is 11.9. The standard InChI is InChI=1S/C16H12F3N3OS2/c17-16(18,19)25-15-10(4-3-8-21-15)14(23)20-9-7-13-22-11-5-1-2-6-12(11)24-13/h1-6,8H,7,9H2,(H,20,23). The van der Waals surface area contributed by atoms with Gasteiger partial charge in [0.2, 0.25) is 0 Å². The number of nitrogens with zero attached hydrogens (tertiary/aromatic N) is 2. The van der Waals surface area contributed by atoms with Crippen LogP contribution in [0.3, 0.4) is 0 Å². The van der Waals surface area contributed by atoms with E-state index in [1.165, 1.54) is 29.7 Å². The summed E-state index contributed by atoms with van der Waals surface area (Å²) in [6.45, 7) is 0.281. The van der Waals surface area contributed by atoms with Gasteiger partial charge in [0, 0.05) is 30.9 Å². The molecule has 2 heterocycles. The molecule has 0 bridgehead atoms. The molecule has 1 amide bonds. The molecule has 0 spiro atoms. The van der Waals surface area contributed by atoms with Crippen molar-refractivity contribution in [2.24, 2.45) is 0 Å². The Bertz CT molecular complexity index is 862. The van der Waals surface area contributed by atoms with Crippen LogP contribution in [0.4, 0.5) is 13.2 Å². The molecule has 3 aromatic rings. The van der Waals surface area contributed by atoms with Crippen molar-refractivity contribution in [3.8, 4) is 0 Å². The monoisotopic (exact) mass is 383 g/mol.